The van der Waals surface area contributed by atoms with Crippen LogP contribution in [0.15, 0.2) is 53.6 Å². The van der Waals surface area contributed by atoms with E-state index in [1.165, 1.54) is 19.2 Å². The highest BCUT2D eigenvalue weighted by molar-refractivity contribution is 6.02. The lowest BCUT2D eigenvalue weighted by Gasteiger charge is -2.14. The van der Waals surface area contributed by atoms with Crippen LogP contribution in [0.25, 0.3) is 0 Å². The zero-order valence-corrected chi connectivity index (χ0v) is 13.1. The van der Waals surface area contributed by atoms with Crippen LogP contribution in [0.3, 0.4) is 0 Å². The number of halogens is 3. The predicted octanol–water partition coefficient (Wildman–Crippen LogP) is 3.78. The Balaban J connectivity index is 2.21. The standard InChI is InChI=1S/C17H16F3N3O/c1-11(12-7-9-13(10-8-12)17(18,19)20)22-23(2)16(24)14-5-3-4-6-15(14)21/h3-10H,21H2,1-2H3/b22-11-. The molecule has 0 fully saturated rings. The number of hydrogen-bond donors (Lipinski definition) is 1. The first kappa shape index (κ1) is 17.5. The predicted molar refractivity (Wildman–Crippen MR) is 86.6 cm³/mol. The third kappa shape index (κ3) is 3.92. The van der Waals surface area contributed by atoms with E-state index in [-0.39, 0.29) is 0 Å². The summed E-state index contributed by atoms with van der Waals surface area (Å²) in [5, 5.41) is 5.23. The summed E-state index contributed by atoms with van der Waals surface area (Å²) in [7, 11) is 1.46. The van der Waals surface area contributed by atoms with Gasteiger partial charge < -0.3 is 5.73 Å². The Morgan fingerprint density at radius 2 is 1.67 bits per heavy atom. The SMILES string of the molecule is C/C(=N/N(C)C(=O)c1ccccc1N)c1ccc(C(F)(F)F)cc1. The smallest absolute Gasteiger partial charge is 0.398 e. The number of carbonyl (C=O) groups is 1. The molecule has 0 aliphatic heterocycles. The maximum Gasteiger partial charge on any atom is 0.416 e. The molecule has 1 amide bonds. The number of nitrogens with zero attached hydrogens (tertiary/aromatic N) is 2. The molecule has 24 heavy (non-hydrogen) atoms. The Bertz CT molecular complexity index is 767. The van der Waals surface area contributed by atoms with E-state index in [4.69, 9.17) is 5.73 Å². The van der Waals surface area contributed by atoms with E-state index in [1.807, 2.05) is 0 Å². The van der Waals surface area contributed by atoms with Gasteiger partial charge in [0.05, 0.1) is 16.8 Å². The summed E-state index contributed by atoms with van der Waals surface area (Å²) in [5.41, 5.74) is 6.56. The first-order valence-corrected chi connectivity index (χ1v) is 7.05. The van der Waals surface area contributed by atoms with Gasteiger partial charge in [-0.05, 0) is 36.8 Å². The molecule has 2 rings (SSSR count). The van der Waals surface area contributed by atoms with Crippen LogP contribution < -0.4 is 5.73 Å². The molecular weight excluding hydrogens is 319 g/mol. The van der Waals surface area contributed by atoms with Crippen LogP contribution in [-0.4, -0.2) is 23.7 Å². The van der Waals surface area contributed by atoms with Crippen molar-refractivity contribution in [2.24, 2.45) is 5.10 Å². The maximum absolute atomic E-state index is 12.6. The average molecular weight is 335 g/mol. The van der Waals surface area contributed by atoms with Crippen molar-refractivity contribution in [3.05, 3.63) is 65.2 Å². The summed E-state index contributed by atoms with van der Waals surface area (Å²) in [4.78, 5) is 12.3. The molecule has 0 heterocycles. The van der Waals surface area contributed by atoms with Gasteiger partial charge in [-0.1, -0.05) is 24.3 Å². The third-order valence-corrected chi connectivity index (χ3v) is 3.42. The second-order valence-corrected chi connectivity index (χ2v) is 5.18. The minimum atomic E-state index is -4.39. The van der Waals surface area contributed by atoms with Crippen molar-refractivity contribution in [2.75, 3.05) is 12.8 Å². The van der Waals surface area contributed by atoms with E-state index in [1.54, 1.807) is 31.2 Å². The van der Waals surface area contributed by atoms with Crippen LogP contribution in [0, 0.1) is 0 Å². The minimum Gasteiger partial charge on any atom is -0.398 e. The van der Waals surface area contributed by atoms with Crippen molar-refractivity contribution >= 4 is 17.3 Å². The van der Waals surface area contributed by atoms with Gasteiger partial charge in [0.25, 0.3) is 5.91 Å². The average Bonchev–Trinajstić information content (AvgIpc) is 2.54. The first-order chi connectivity index (χ1) is 11.2. The number of carbonyl (C=O) groups excluding carboxylic acids is 1. The van der Waals surface area contributed by atoms with E-state index in [0.29, 0.717) is 22.5 Å². The lowest BCUT2D eigenvalue weighted by Crippen LogP contribution is -2.23. The molecular formula is C17H16F3N3O. The molecule has 0 unspecified atom stereocenters. The summed E-state index contributed by atoms with van der Waals surface area (Å²) < 4.78 is 37.7. The Morgan fingerprint density at radius 3 is 2.21 bits per heavy atom. The van der Waals surface area contributed by atoms with Crippen LogP contribution in [0.1, 0.15) is 28.4 Å². The molecule has 7 heteroatoms. The number of benzene rings is 2. The number of amides is 1. The van der Waals surface area contributed by atoms with Crippen LogP contribution >= 0.6 is 0 Å². The number of nitrogens with two attached hydrogens (primary N) is 1. The zero-order chi connectivity index (χ0) is 17.9. The van der Waals surface area contributed by atoms with Gasteiger partial charge in [0.15, 0.2) is 0 Å². The normalized spacial score (nSPS) is 12.1. The molecule has 0 spiro atoms. The molecule has 0 saturated carbocycles. The van der Waals surface area contributed by atoms with Crippen LogP contribution in [-0.2, 0) is 6.18 Å². The molecule has 0 bridgehead atoms. The molecule has 2 N–H and O–H groups in total. The lowest BCUT2D eigenvalue weighted by atomic mass is 10.1. The Kier molecular flexibility index (Phi) is 4.92. The van der Waals surface area contributed by atoms with Crippen molar-refractivity contribution < 1.29 is 18.0 Å². The van der Waals surface area contributed by atoms with Gasteiger partial charge >= 0.3 is 6.18 Å². The highest BCUT2D eigenvalue weighted by atomic mass is 19.4. The van der Waals surface area contributed by atoms with E-state index < -0.39 is 17.6 Å². The molecule has 0 aliphatic carbocycles. The summed E-state index contributed by atoms with van der Waals surface area (Å²) in [6.45, 7) is 1.61. The minimum absolute atomic E-state index is 0.309. The van der Waals surface area contributed by atoms with Crippen molar-refractivity contribution in [3.63, 3.8) is 0 Å². The fourth-order valence-corrected chi connectivity index (χ4v) is 2.09. The largest absolute Gasteiger partial charge is 0.416 e. The molecule has 0 atom stereocenters. The molecule has 126 valence electrons. The Hall–Kier alpha value is -2.83. The quantitative estimate of drug-likeness (QED) is 0.527. The second-order valence-electron chi connectivity index (χ2n) is 5.18. The van der Waals surface area contributed by atoms with Crippen molar-refractivity contribution in [1.29, 1.82) is 0 Å². The summed E-state index contributed by atoms with van der Waals surface area (Å²) in [6.07, 6.45) is -4.39. The van der Waals surface area contributed by atoms with Gasteiger partial charge in [-0.25, -0.2) is 5.01 Å². The molecule has 0 aliphatic rings. The van der Waals surface area contributed by atoms with E-state index in [2.05, 4.69) is 5.10 Å². The molecule has 0 saturated heterocycles. The highest BCUT2D eigenvalue weighted by Crippen LogP contribution is 2.29. The number of rotatable bonds is 3. The van der Waals surface area contributed by atoms with Gasteiger partial charge in [-0.2, -0.15) is 18.3 Å². The van der Waals surface area contributed by atoms with E-state index >= 15 is 0 Å². The summed E-state index contributed by atoms with van der Waals surface area (Å²) >= 11 is 0. The van der Waals surface area contributed by atoms with Crippen LogP contribution in [0.2, 0.25) is 0 Å². The van der Waals surface area contributed by atoms with Gasteiger partial charge in [-0.15, -0.1) is 0 Å². The van der Waals surface area contributed by atoms with Gasteiger partial charge in [0.2, 0.25) is 0 Å². The molecule has 2 aromatic rings. The topological polar surface area (TPSA) is 58.7 Å². The molecule has 2 aromatic carbocycles. The fourth-order valence-electron chi connectivity index (χ4n) is 2.09. The Morgan fingerprint density at radius 1 is 1.08 bits per heavy atom. The van der Waals surface area contributed by atoms with E-state index in [0.717, 1.165) is 17.1 Å². The van der Waals surface area contributed by atoms with Gasteiger partial charge in [0, 0.05) is 12.7 Å². The van der Waals surface area contributed by atoms with Crippen LogP contribution in [0.4, 0.5) is 18.9 Å². The number of nitrogen functional groups attached to an aromatic ring is 1. The number of anilines is 1. The van der Waals surface area contributed by atoms with Crippen LogP contribution in [0.5, 0.6) is 0 Å². The van der Waals surface area contributed by atoms with Crippen molar-refractivity contribution in [2.45, 2.75) is 13.1 Å². The fraction of sp³-hybridized carbons (Fsp3) is 0.176. The zero-order valence-electron chi connectivity index (χ0n) is 13.1. The second kappa shape index (κ2) is 6.74. The molecule has 4 nitrogen and oxygen atoms in total. The molecule has 0 radical (unpaired) electrons. The Labute approximate surface area is 137 Å². The summed E-state index contributed by atoms with van der Waals surface area (Å²) in [5.74, 6) is -0.403. The number of para-hydroxylation sites is 1. The first-order valence-electron chi connectivity index (χ1n) is 7.05. The number of hydrogen-bond acceptors (Lipinski definition) is 3. The maximum atomic E-state index is 12.6. The lowest BCUT2D eigenvalue weighted by molar-refractivity contribution is -0.137. The van der Waals surface area contributed by atoms with Crippen molar-refractivity contribution in [1.82, 2.24) is 5.01 Å². The van der Waals surface area contributed by atoms with Crippen molar-refractivity contribution in [3.8, 4) is 0 Å². The van der Waals surface area contributed by atoms with Gasteiger partial charge in [-0.3, -0.25) is 4.79 Å². The van der Waals surface area contributed by atoms with E-state index in [9.17, 15) is 18.0 Å². The monoisotopic (exact) mass is 335 g/mol. The highest BCUT2D eigenvalue weighted by Gasteiger charge is 2.30. The number of hydrazone groups is 1. The number of alkyl halides is 3. The molecule has 0 aromatic heterocycles. The third-order valence-electron chi connectivity index (χ3n) is 3.42. The summed E-state index contributed by atoms with van der Waals surface area (Å²) in [6, 6.07) is 11.2. The van der Waals surface area contributed by atoms with Gasteiger partial charge in [0.1, 0.15) is 0 Å².